The molecule has 0 aliphatic heterocycles. The molecular weight excluding hydrogens is 279 g/mol. The van der Waals surface area contributed by atoms with E-state index >= 15 is 0 Å². The molecule has 0 radical (unpaired) electrons. The number of alkyl halides is 4. The molecule has 0 atom stereocenters. The molecule has 1 aromatic carbocycles. The topological polar surface area (TPSA) is 12.5 Å². The second kappa shape index (κ2) is 7.01. The summed E-state index contributed by atoms with van der Waals surface area (Å²) in [4.78, 5) is 1.58. The zero-order valence-electron chi connectivity index (χ0n) is 10.9. The number of ether oxygens (including phenoxy) is 1. The molecule has 2 nitrogen and oxygen atoms in total. The second-order valence-corrected chi connectivity index (χ2v) is 4.52. The Balaban J connectivity index is 2.98. The highest BCUT2D eigenvalue weighted by Crippen LogP contribution is 2.37. The summed E-state index contributed by atoms with van der Waals surface area (Å²) in [5.41, 5.74) is -0.0222. The molecule has 0 N–H and O–H groups in total. The number of rotatable bonds is 6. The van der Waals surface area contributed by atoms with Crippen LogP contribution < -0.4 is 4.90 Å². The van der Waals surface area contributed by atoms with E-state index in [0.29, 0.717) is 25.1 Å². The van der Waals surface area contributed by atoms with Crippen LogP contribution in [0.5, 0.6) is 0 Å². The Morgan fingerprint density at radius 3 is 2.53 bits per heavy atom. The molecule has 0 aliphatic rings. The predicted octanol–water partition coefficient (Wildman–Crippen LogP) is 3.92. The Bertz CT molecular complexity index is 409. The number of halogens is 4. The van der Waals surface area contributed by atoms with E-state index in [4.69, 9.17) is 16.3 Å². The summed E-state index contributed by atoms with van der Waals surface area (Å²) in [5, 5.41) is 0. The second-order valence-electron chi connectivity index (χ2n) is 4.25. The molecular formula is C13H17ClF3NO. The molecule has 0 unspecified atom stereocenters. The first kappa shape index (κ1) is 16.1. The molecule has 0 saturated carbocycles. The largest absolute Gasteiger partial charge is 0.418 e. The number of benzene rings is 1. The summed E-state index contributed by atoms with van der Waals surface area (Å²) >= 11 is 5.59. The molecule has 0 aliphatic carbocycles. The Morgan fingerprint density at radius 2 is 2.00 bits per heavy atom. The van der Waals surface area contributed by atoms with Gasteiger partial charge in [0.2, 0.25) is 0 Å². The average Bonchev–Trinajstić information content (AvgIpc) is 2.37. The highest BCUT2D eigenvalue weighted by Gasteiger charge is 2.34. The Hall–Kier alpha value is -0.940. The van der Waals surface area contributed by atoms with Crippen molar-refractivity contribution in [2.24, 2.45) is 0 Å². The van der Waals surface area contributed by atoms with Crippen molar-refractivity contribution in [2.45, 2.75) is 18.5 Å². The normalized spacial score (nSPS) is 11.7. The number of methoxy groups -OCH3 is 1. The fraction of sp³-hybridized carbons (Fsp3) is 0.538. The monoisotopic (exact) mass is 295 g/mol. The van der Waals surface area contributed by atoms with Gasteiger partial charge in [-0.3, -0.25) is 0 Å². The van der Waals surface area contributed by atoms with Gasteiger partial charge < -0.3 is 9.64 Å². The van der Waals surface area contributed by atoms with E-state index in [-0.39, 0.29) is 11.6 Å². The molecule has 0 spiro atoms. The van der Waals surface area contributed by atoms with Gasteiger partial charge in [0.15, 0.2) is 0 Å². The lowest BCUT2D eigenvalue weighted by Gasteiger charge is -2.24. The summed E-state index contributed by atoms with van der Waals surface area (Å²) in [5.74, 6) is 0.0662. The number of hydrogen-bond acceptors (Lipinski definition) is 2. The molecule has 0 saturated heterocycles. The van der Waals surface area contributed by atoms with Crippen LogP contribution in [-0.4, -0.2) is 27.3 Å². The minimum absolute atomic E-state index is 0.0662. The number of hydrogen-bond donors (Lipinski definition) is 0. The van der Waals surface area contributed by atoms with Gasteiger partial charge in [-0.2, -0.15) is 13.2 Å². The third kappa shape index (κ3) is 4.58. The van der Waals surface area contributed by atoms with Crippen molar-refractivity contribution in [3.8, 4) is 0 Å². The Morgan fingerprint density at radius 1 is 1.32 bits per heavy atom. The van der Waals surface area contributed by atoms with Crippen LogP contribution in [0.4, 0.5) is 18.9 Å². The van der Waals surface area contributed by atoms with Gasteiger partial charge in [0, 0.05) is 38.9 Å². The minimum Gasteiger partial charge on any atom is -0.385 e. The van der Waals surface area contributed by atoms with Gasteiger partial charge in [-0.15, -0.1) is 11.6 Å². The summed E-state index contributed by atoms with van der Waals surface area (Å²) < 4.78 is 44.0. The van der Waals surface area contributed by atoms with Crippen molar-refractivity contribution in [2.75, 3.05) is 32.2 Å². The number of nitrogens with zero attached hydrogens (tertiary/aromatic N) is 1. The molecule has 0 amide bonds. The lowest BCUT2D eigenvalue weighted by molar-refractivity contribution is -0.137. The van der Waals surface area contributed by atoms with Crippen molar-refractivity contribution < 1.29 is 17.9 Å². The van der Waals surface area contributed by atoms with Crippen LogP contribution in [0.25, 0.3) is 0 Å². The summed E-state index contributed by atoms with van der Waals surface area (Å²) in [6, 6.07) is 4.19. The highest BCUT2D eigenvalue weighted by molar-refractivity contribution is 6.17. The van der Waals surface area contributed by atoms with E-state index in [0.717, 1.165) is 6.07 Å². The molecule has 0 aromatic heterocycles. The summed E-state index contributed by atoms with van der Waals surface area (Å²) in [7, 11) is 3.21. The van der Waals surface area contributed by atoms with Gasteiger partial charge >= 0.3 is 6.18 Å². The fourth-order valence-electron chi connectivity index (χ4n) is 1.79. The van der Waals surface area contributed by atoms with Crippen LogP contribution >= 0.6 is 11.6 Å². The molecule has 6 heteroatoms. The molecule has 19 heavy (non-hydrogen) atoms. The van der Waals surface area contributed by atoms with E-state index in [1.165, 1.54) is 6.07 Å². The first-order valence-corrected chi connectivity index (χ1v) is 6.39. The first-order chi connectivity index (χ1) is 8.90. The predicted molar refractivity (Wildman–Crippen MR) is 70.8 cm³/mol. The molecule has 0 bridgehead atoms. The SMILES string of the molecule is COCCCN(C)c1ccc(CCl)cc1C(F)(F)F. The van der Waals surface area contributed by atoms with Gasteiger partial charge in [0.25, 0.3) is 0 Å². The van der Waals surface area contributed by atoms with Crippen molar-refractivity contribution >= 4 is 17.3 Å². The fourth-order valence-corrected chi connectivity index (χ4v) is 1.96. The smallest absolute Gasteiger partial charge is 0.385 e. The van der Waals surface area contributed by atoms with Crippen molar-refractivity contribution in [3.63, 3.8) is 0 Å². The summed E-state index contributed by atoms with van der Waals surface area (Å²) in [6.45, 7) is 1.02. The van der Waals surface area contributed by atoms with Crippen LogP contribution in [-0.2, 0) is 16.8 Å². The van der Waals surface area contributed by atoms with Crippen molar-refractivity contribution in [1.82, 2.24) is 0 Å². The minimum atomic E-state index is -4.38. The molecule has 0 heterocycles. The molecule has 1 rings (SSSR count). The van der Waals surface area contributed by atoms with Crippen molar-refractivity contribution in [1.29, 1.82) is 0 Å². The molecule has 0 fully saturated rings. The van der Waals surface area contributed by atoms with Crippen LogP contribution in [0.1, 0.15) is 17.5 Å². The maximum absolute atomic E-state index is 13.0. The van der Waals surface area contributed by atoms with E-state index < -0.39 is 11.7 Å². The summed E-state index contributed by atoms with van der Waals surface area (Å²) in [6.07, 6.45) is -3.71. The van der Waals surface area contributed by atoms with Gasteiger partial charge in [-0.1, -0.05) is 6.07 Å². The highest BCUT2D eigenvalue weighted by atomic mass is 35.5. The van der Waals surface area contributed by atoms with E-state index in [2.05, 4.69) is 0 Å². The maximum atomic E-state index is 13.0. The third-order valence-electron chi connectivity index (χ3n) is 2.77. The zero-order chi connectivity index (χ0) is 14.5. The van der Waals surface area contributed by atoms with E-state index in [9.17, 15) is 13.2 Å². The number of anilines is 1. The Labute approximate surface area is 116 Å². The zero-order valence-corrected chi connectivity index (χ0v) is 11.7. The average molecular weight is 296 g/mol. The van der Waals surface area contributed by atoms with Gasteiger partial charge in [-0.05, 0) is 24.1 Å². The quantitative estimate of drug-likeness (QED) is 0.583. The lowest BCUT2D eigenvalue weighted by atomic mass is 10.1. The van der Waals surface area contributed by atoms with Gasteiger partial charge in [0.05, 0.1) is 5.56 Å². The Kier molecular flexibility index (Phi) is 5.94. The maximum Gasteiger partial charge on any atom is 0.418 e. The lowest BCUT2D eigenvalue weighted by Crippen LogP contribution is -2.23. The van der Waals surface area contributed by atoms with Crippen LogP contribution in [0.2, 0.25) is 0 Å². The van der Waals surface area contributed by atoms with E-state index in [1.807, 2.05) is 0 Å². The van der Waals surface area contributed by atoms with Crippen molar-refractivity contribution in [3.05, 3.63) is 29.3 Å². The van der Waals surface area contributed by atoms with Gasteiger partial charge in [0.1, 0.15) is 0 Å². The van der Waals surface area contributed by atoms with Gasteiger partial charge in [-0.25, -0.2) is 0 Å². The van der Waals surface area contributed by atoms with Crippen LogP contribution in [0.15, 0.2) is 18.2 Å². The molecule has 108 valence electrons. The standard InChI is InChI=1S/C13H17ClF3NO/c1-18(6-3-7-19-2)12-5-4-10(9-14)8-11(12)13(15,16)17/h4-5,8H,3,6-7,9H2,1-2H3. The van der Waals surface area contributed by atoms with Crippen LogP contribution in [0, 0.1) is 0 Å². The van der Waals surface area contributed by atoms with E-state index in [1.54, 1.807) is 25.1 Å². The molecule has 1 aromatic rings. The van der Waals surface area contributed by atoms with Crippen LogP contribution in [0.3, 0.4) is 0 Å². The first-order valence-electron chi connectivity index (χ1n) is 5.86. The third-order valence-corrected chi connectivity index (χ3v) is 3.08.